The van der Waals surface area contributed by atoms with Crippen LogP contribution in [0.2, 0.25) is 0 Å². The molecule has 0 radical (unpaired) electrons. The van der Waals surface area contributed by atoms with E-state index in [0.717, 1.165) is 18.6 Å². The van der Waals surface area contributed by atoms with Crippen molar-refractivity contribution in [3.8, 4) is 6.07 Å². The average molecular weight is 268 g/mol. The molecule has 1 aliphatic carbocycles. The normalized spacial score (nSPS) is 28.0. The number of aliphatic imine (C=N–C) groups is 1. The molecule has 2 aliphatic rings. The molecule has 1 aliphatic heterocycles. The number of nitrogens with two attached hydrogens (primary N) is 1. The highest BCUT2D eigenvalue weighted by Gasteiger charge is 2.26. The minimum atomic E-state index is -0.161. The number of rotatable bonds is 2. The lowest BCUT2D eigenvalue weighted by atomic mass is 9.95. The van der Waals surface area contributed by atoms with Crippen LogP contribution in [0.1, 0.15) is 38.5 Å². The Labute approximate surface area is 112 Å². The molecule has 2 rings (SSSR count). The zero-order chi connectivity index (χ0) is 13.0. The SMILES string of the molecule is N#CC1=C(N)OC(CCl)CC1=NC1CCCCC1. The number of allylic oxidation sites excluding steroid dienone is 1. The predicted octanol–water partition coefficient (Wildman–Crippen LogP) is 2.48. The lowest BCUT2D eigenvalue weighted by molar-refractivity contribution is 0.131. The van der Waals surface area contributed by atoms with Crippen LogP contribution in [0.5, 0.6) is 0 Å². The fourth-order valence-corrected chi connectivity index (χ4v) is 2.67. The van der Waals surface area contributed by atoms with Gasteiger partial charge in [0.1, 0.15) is 17.7 Å². The first-order valence-electron chi connectivity index (χ1n) is 6.44. The Balaban J connectivity index is 2.20. The Morgan fingerprint density at radius 3 is 2.72 bits per heavy atom. The molecule has 0 saturated heterocycles. The van der Waals surface area contributed by atoms with E-state index in [2.05, 4.69) is 6.07 Å². The zero-order valence-electron chi connectivity index (χ0n) is 10.4. The fraction of sp³-hybridized carbons (Fsp3) is 0.692. The summed E-state index contributed by atoms with van der Waals surface area (Å²) in [5, 5.41) is 9.14. The molecule has 1 saturated carbocycles. The first-order valence-corrected chi connectivity index (χ1v) is 6.97. The molecule has 0 aromatic rings. The van der Waals surface area contributed by atoms with Gasteiger partial charge in [-0.05, 0) is 12.8 Å². The third kappa shape index (κ3) is 2.97. The Hall–Kier alpha value is -1.21. The molecule has 4 nitrogen and oxygen atoms in total. The van der Waals surface area contributed by atoms with Crippen molar-refractivity contribution in [2.24, 2.45) is 10.7 Å². The first kappa shape index (κ1) is 13.2. The van der Waals surface area contributed by atoms with Crippen molar-refractivity contribution in [3.63, 3.8) is 0 Å². The maximum atomic E-state index is 9.14. The van der Waals surface area contributed by atoms with Gasteiger partial charge in [0.15, 0.2) is 0 Å². The molecule has 2 N–H and O–H groups in total. The summed E-state index contributed by atoms with van der Waals surface area (Å²) in [6.07, 6.45) is 6.37. The molecule has 1 heterocycles. The van der Waals surface area contributed by atoms with Crippen LogP contribution < -0.4 is 5.73 Å². The second kappa shape index (κ2) is 6.10. The van der Waals surface area contributed by atoms with Crippen LogP contribution >= 0.6 is 11.6 Å². The van der Waals surface area contributed by atoms with Crippen LogP contribution in [0.3, 0.4) is 0 Å². The van der Waals surface area contributed by atoms with E-state index in [0.29, 0.717) is 23.9 Å². The van der Waals surface area contributed by atoms with Crippen LogP contribution in [0.4, 0.5) is 0 Å². The van der Waals surface area contributed by atoms with E-state index in [4.69, 9.17) is 32.3 Å². The van der Waals surface area contributed by atoms with E-state index in [-0.39, 0.29) is 12.0 Å². The molecule has 0 aromatic heterocycles. The number of halogens is 1. The van der Waals surface area contributed by atoms with E-state index in [1.54, 1.807) is 0 Å². The number of hydrogen-bond acceptors (Lipinski definition) is 4. The van der Waals surface area contributed by atoms with E-state index < -0.39 is 0 Å². The molecule has 98 valence electrons. The average Bonchev–Trinajstić information content (AvgIpc) is 2.39. The molecule has 1 unspecified atom stereocenters. The van der Waals surface area contributed by atoms with Crippen LogP contribution in [-0.2, 0) is 4.74 Å². The number of nitrogens with zero attached hydrogens (tertiary/aromatic N) is 2. The van der Waals surface area contributed by atoms with Gasteiger partial charge in [0.25, 0.3) is 0 Å². The van der Waals surface area contributed by atoms with Crippen LogP contribution in [0, 0.1) is 11.3 Å². The molecule has 5 heteroatoms. The van der Waals surface area contributed by atoms with Crippen molar-refractivity contribution < 1.29 is 4.74 Å². The van der Waals surface area contributed by atoms with Gasteiger partial charge in [-0.15, -0.1) is 11.6 Å². The Morgan fingerprint density at radius 2 is 2.11 bits per heavy atom. The van der Waals surface area contributed by atoms with Crippen LogP contribution in [-0.4, -0.2) is 23.7 Å². The maximum absolute atomic E-state index is 9.14. The van der Waals surface area contributed by atoms with E-state index >= 15 is 0 Å². The number of nitriles is 1. The number of ether oxygens (including phenoxy) is 1. The highest BCUT2D eigenvalue weighted by atomic mass is 35.5. The van der Waals surface area contributed by atoms with Gasteiger partial charge >= 0.3 is 0 Å². The second-order valence-electron chi connectivity index (χ2n) is 4.82. The van der Waals surface area contributed by atoms with Gasteiger partial charge in [0, 0.05) is 6.42 Å². The standard InChI is InChI=1S/C13H18ClN3O/c14-7-10-6-12(11(8-15)13(16)18-10)17-9-4-2-1-3-5-9/h9-10H,1-7,16H2. The fourth-order valence-electron chi connectivity index (χ4n) is 2.49. The number of hydrogen-bond donors (Lipinski definition) is 1. The Kier molecular flexibility index (Phi) is 4.48. The highest BCUT2D eigenvalue weighted by Crippen LogP contribution is 2.25. The van der Waals surface area contributed by atoms with Crippen molar-refractivity contribution in [1.82, 2.24) is 0 Å². The molecular formula is C13H18ClN3O. The van der Waals surface area contributed by atoms with Gasteiger partial charge in [0.2, 0.25) is 5.88 Å². The first-order chi connectivity index (χ1) is 8.74. The van der Waals surface area contributed by atoms with Crippen molar-refractivity contribution in [3.05, 3.63) is 11.5 Å². The third-order valence-corrected chi connectivity index (χ3v) is 3.79. The minimum Gasteiger partial charge on any atom is -0.473 e. The largest absolute Gasteiger partial charge is 0.473 e. The summed E-state index contributed by atoms with van der Waals surface area (Å²) in [5.41, 5.74) is 6.91. The molecule has 0 aromatic carbocycles. The van der Waals surface area contributed by atoms with Crippen LogP contribution in [0.25, 0.3) is 0 Å². The molecule has 18 heavy (non-hydrogen) atoms. The predicted molar refractivity (Wildman–Crippen MR) is 71.3 cm³/mol. The highest BCUT2D eigenvalue weighted by molar-refractivity contribution is 6.18. The Morgan fingerprint density at radius 1 is 1.39 bits per heavy atom. The summed E-state index contributed by atoms with van der Waals surface area (Å²) in [7, 11) is 0. The topological polar surface area (TPSA) is 71.4 Å². The lowest BCUT2D eigenvalue weighted by Crippen LogP contribution is -2.31. The molecule has 1 fully saturated rings. The van der Waals surface area contributed by atoms with Crippen molar-refractivity contribution in [2.75, 3.05) is 5.88 Å². The molecule has 0 amide bonds. The summed E-state index contributed by atoms with van der Waals surface area (Å²) in [6, 6.07) is 2.43. The Bertz CT molecular complexity index is 405. The van der Waals surface area contributed by atoms with Gasteiger partial charge in [-0.2, -0.15) is 5.26 Å². The summed E-state index contributed by atoms with van der Waals surface area (Å²) in [4.78, 5) is 4.71. The zero-order valence-corrected chi connectivity index (χ0v) is 11.1. The van der Waals surface area contributed by atoms with Crippen molar-refractivity contribution >= 4 is 17.3 Å². The number of alkyl halides is 1. The van der Waals surface area contributed by atoms with Gasteiger partial charge in [-0.3, -0.25) is 4.99 Å². The van der Waals surface area contributed by atoms with Gasteiger partial charge in [-0.25, -0.2) is 0 Å². The minimum absolute atomic E-state index is 0.161. The van der Waals surface area contributed by atoms with Crippen molar-refractivity contribution in [2.45, 2.75) is 50.7 Å². The maximum Gasteiger partial charge on any atom is 0.204 e. The van der Waals surface area contributed by atoms with Gasteiger partial charge < -0.3 is 10.5 Å². The van der Waals surface area contributed by atoms with Gasteiger partial charge in [0.05, 0.1) is 17.6 Å². The smallest absolute Gasteiger partial charge is 0.204 e. The van der Waals surface area contributed by atoms with Gasteiger partial charge in [-0.1, -0.05) is 19.3 Å². The molecule has 0 spiro atoms. The molecule has 1 atom stereocenters. The van der Waals surface area contributed by atoms with E-state index in [1.807, 2.05) is 0 Å². The third-order valence-electron chi connectivity index (χ3n) is 3.45. The van der Waals surface area contributed by atoms with E-state index in [1.165, 1.54) is 19.3 Å². The van der Waals surface area contributed by atoms with Crippen molar-refractivity contribution in [1.29, 1.82) is 5.26 Å². The molecular weight excluding hydrogens is 250 g/mol. The summed E-state index contributed by atoms with van der Waals surface area (Å²) >= 11 is 5.80. The second-order valence-corrected chi connectivity index (χ2v) is 5.13. The molecule has 0 bridgehead atoms. The van der Waals surface area contributed by atoms with Crippen LogP contribution in [0.15, 0.2) is 16.4 Å². The lowest BCUT2D eigenvalue weighted by Gasteiger charge is -2.26. The summed E-state index contributed by atoms with van der Waals surface area (Å²) < 4.78 is 5.38. The summed E-state index contributed by atoms with van der Waals surface area (Å²) in [6.45, 7) is 0. The monoisotopic (exact) mass is 267 g/mol. The van der Waals surface area contributed by atoms with E-state index in [9.17, 15) is 0 Å². The summed E-state index contributed by atoms with van der Waals surface area (Å²) in [5.74, 6) is 0.535. The quantitative estimate of drug-likeness (QED) is 0.782.